The molecule has 0 radical (unpaired) electrons. The highest BCUT2D eigenvalue weighted by molar-refractivity contribution is 8.01. The molecule has 20 heavy (non-hydrogen) atoms. The Morgan fingerprint density at radius 3 is 3.10 bits per heavy atom. The largest absolute Gasteiger partial charge is 0.459 e. The molecule has 2 aromatic heterocycles. The van der Waals surface area contributed by atoms with E-state index in [0.29, 0.717) is 5.22 Å². The molecular weight excluding hydrogens is 298 g/mol. The zero-order valence-electron chi connectivity index (χ0n) is 10.4. The number of ether oxygens (including phenoxy) is 1. The van der Waals surface area contributed by atoms with Crippen LogP contribution in [0.2, 0.25) is 0 Å². The minimum atomic E-state index is -0.610. The summed E-state index contributed by atoms with van der Waals surface area (Å²) in [6, 6.07) is 7.79. The SMILES string of the molecule is CCOC(=O)c1nnc(Sc2snc3ccccc23)o1. The summed E-state index contributed by atoms with van der Waals surface area (Å²) in [7, 11) is 0. The smallest absolute Gasteiger partial charge is 0.396 e. The van der Waals surface area contributed by atoms with Crippen molar-refractivity contribution < 1.29 is 13.9 Å². The van der Waals surface area contributed by atoms with Crippen LogP contribution in [0, 0.1) is 0 Å². The van der Waals surface area contributed by atoms with E-state index in [9.17, 15) is 4.79 Å². The van der Waals surface area contributed by atoms with E-state index in [1.54, 1.807) is 6.92 Å². The Kier molecular flexibility index (Phi) is 3.66. The highest BCUT2D eigenvalue weighted by Gasteiger charge is 2.18. The number of benzene rings is 1. The second-order valence-corrected chi connectivity index (χ2v) is 5.68. The summed E-state index contributed by atoms with van der Waals surface area (Å²) in [5, 5.41) is 8.81. The molecule has 2 heterocycles. The lowest BCUT2D eigenvalue weighted by Gasteiger charge is -1.94. The number of fused-ring (bicyclic) bond motifs is 1. The lowest BCUT2D eigenvalue weighted by atomic mass is 10.3. The lowest BCUT2D eigenvalue weighted by Crippen LogP contribution is -2.04. The van der Waals surface area contributed by atoms with Gasteiger partial charge in [0, 0.05) is 5.39 Å². The number of carbonyl (C=O) groups excluding carboxylic acids is 1. The normalized spacial score (nSPS) is 10.8. The van der Waals surface area contributed by atoms with Gasteiger partial charge in [0.05, 0.1) is 16.3 Å². The van der Waals surface area contributed by atoms with Crippen molar-refractivity contribution >= 4 is 40.2 Å². The summed E-state index contributed by atoms with van der Waals surface area (Å²) in [5.74, 6) is -0.746. The molecule has 0 bridgehead atoms. The summed E-state index contributed by atoms with van der Waals surface area (Å²) < 4.78 is 15.3. The fraction of sp³-hybridized carbons (Fsp3) is 0.167. The molecule has 0 N–H and O–H groups in total. The van der Waals surface area contributed by atoms with Gasteiger partial charge in [0.2, 0.25) is 0 Å². The Morgan fingerprint density at radius 2 is 2.25 bits per heavy atom. The van der Waals surface area contributed by atoms with E-state index < -0.39 is 5.97 Å². The van der Waals surface area contributed by atoms with Crippen molar-refractivity contribution in [1.29, 1.82) is 0 Å². The van der Waals surface area contributed by atoms with Gasteiger partial charge in [0.25, 0.3) is 5.22 Å². The first-order chi connectivity index (χ1) is 9.78. The Morgan fingerprint density at radius 1 is 1.40 bits per heavy atom. The minimum Gasteiger partial charge on any atom is -0.459 e. The fourth-order valence-electron chi connectivity index (χ4n) is 1.54. The predicted molar refractivity (Wildman–Crippen MR) is 74.0 cm³/mol. The molecule has 3 aromatic rings. The van der Waals surface area contributed by atoms with Crippen LogP contribution >= 0.6 is 23.3 Å². The number of rotatable bonds is 4. The van der Waals surface area contributed by atoms with Gasteiger partial charge in [-0.15, -0.1) is 5.10 Å². The van der Waals surface area contributed by atoms with Gasteiger partial charge in [0.1, 0.15) is 0 Å². The molecule has 102 valence electrons. The van der Waals surface area contributed by atoms with E-state index in [-0.39, 0.29) is 12.5 Å². The molecule has 0 saturated carbocycles. The van der Waals surface area contributed by atoms with Crippen LogP contribution in [-0.2, 0) is 4.74 Å². The first-order valence-corrected chi connectivity index (χ1v) is 7.40. The number of carbonyl (C=O) groups is 1. The van der Waals surface area contributed by atoms with Crippen molar-refractivity contribution in [3.8, 4) is 0 Å². The maximum atomic E-state index is 11.4. The quantitative estimate of drug-likeness (QED) is 0.685. The molecule has 0 aliphatic carbocycles. The van der Waals surface area contributed by atoms with Gasteiger partial charge < -0.3 is 9.15 Å². The molecule has 0 aliphatic rings. The molecule has 8 heteroatoms. The van der Waals surface area contributed by atoms with Gasteiger partial charge in [-0.05, 0) is 36.3 Å². The average molecular weight is 307 g/mol. The third kappa shape index (κ3) is 2.52. The molecule has 0 amide bonds. The van der Waals surface area contributed by atoms with E-state index in [1.807, 2.05) is 24.3 Å². The van der Waals surface area contributed by atoms with Crippen LogP contribution in [0.5, 0.6) is 0 Å². The zero-order valence-corrected chi connectivity index (χ0v) is 12.0. The molecule has 0 aliphatic heterocycles. The van der Waals surface area contributed by atoms with Gasteiger partial charge in [-0.25, -0.2) is 4.79 Å². The molecule has 1 aromatic carbocycles. The van der Waals surface area contributed by atoms with Crippen molar-refractivity contribution in [3.63, 3.8) is 0 Å². The summed E-state index contributed by atoms with van der Waals surface area (Å²) in [4.78, 5) is 11.4. The first kappa shape index (κ1) is 13.1. The van der Waals surface area contributed by atoms with Crippen LogP contribution in [-0.4, -0.2) is 27.1 Å². The van der Waals surface area contributed by atoms with Crippen LogP contribution < -0.4 is 0 Å². The third-order valence-electron chi connectivity index (χ3n) is 2.39. The van der Waals surface area contributed by atoms with Crippen molar-refractivity contribution in [2.45, 2.75) is 16.4 Å². The molecular formula is C12H9N3O3S2. The van der Waals surface area contributed by atoms with E-state index >= 15 is 0 Å². The number of nitrogens with zero attached hydrogens (tertiary/aromatic N) is 3. The molecule has 6 nitrogen and oxygen atoms in total. The van der Waals surface area contributed by atoms with E-state index in [2.05, 4.69) is 14.6 Å². The number of aromatic nitrogens is 3. The maximum Gasteiger partial charge on any atom is 0.396 e. The van der Waals surface area contributed by atoms with Crippen LogP contribution in [0.4, 0.5) is 0 Å². The molecule has 0 fully saturated rings. The zero-order chi connectivity index (χ0) is 13.9. The minimum absolute atomic E-state index is 0.136. The second kappa shape index (κ2) is 5.59. The summed E-state index contributed by atoms with van der Waals surface area (Å²) in [6.07, 6.45) is 0. The predicted octanol–water partition coefficient (Wildman–Crippen LogP) is 3.01. The third-order valence-corrected chi connectivity index (χ3v) is 4.28. The fourth-order valence-corrected chi connectivity index (χ4v) is 3.27. The Bertz CT molecular complexity index is 753. The standard InChI is InChI=1S/C12H9N3O3S2/c1-2-17-10(16)9-13-14-12(18-9)19-11-7-5-3-4-6-8(7)15-20-11/h3-6H,2H2,1H3. The van der Waals surface area contributed by atoms with Gasteiger partial charge in [0.15, 0.2) is 0 Å². The van der Waals surface area contributed by atoms with Gasteiger partial charge in [-0.3, -0.25) is 0 Å². The van der Waals surface area contributed by atoms with Crippen LogP contribution in [0.15, 0.2) is 38.1 Å². The van der Waals surface area contributed by atoms with Crippen molar-refractivity contribution in [2.75, 3.05) is 6.61 Å². The molecule has 3 rings (SSSR count). The summed E-state index contributed by atoms with van der Waals surface area (Å²) >= 11 is 2.64. The van der Waals surface area contributed by atoms with E-state index in [1.165, 1.54) is 23.3 Å². The Balaban J connectivity index is 1.83. The maximum absolute atomic E-state index is 11.4. The number of hydrogen-bond acceptors (Lipinski definition) is 8. The van der Waals surface area contributed by atoms with E-state index in [0.717, 1.165) is 15.1 Å². The van der Waals surface area contributed by atoms with Crippen LogP contribution in [0.25, 0.3) is 10.9 Å². The molecule has 0 unspecified atom stereocenters. The summed E-state index contributed by atoms with van der Waals surface area (Å²) in [5.41, 5.74) is 0.921. The molecule has 0 spiro atoms. The molecule has 0 saturated heterocycles. The van der Waals surface area contributed by atoms with Crippen molar-refractivity contribution in [2.24, 2.45) is 0 Å². The van der Waals surface area contributed by atoms with Crippen LogP contribution in [0.1, 0.15) is 17.6 Å². The number of hydrogen-bond donors (Lipinski definition) is 0. The van der Waals surface area contributed by atoms with Gasteiger partial charge >= 0.3 is 11.9 Å². The van der Waals surface area contributed by atoms with Gasteiger partial charge in [-0.2, -0.15) is 4.37 Å². The Hall–Kier alpha value is -1.93. The highest BCUT2D eigenvalue weighted by atomic mass is 32.2. The van der Waals surface area contributed by atoms with Crippen molar-refractivity contribution in [3.05, 3.63) is 30.2 Å². The van der Waals surface area contributed by atoms with E-state index in [4.69, 9.17) is 9.15 Å². The summed E-state index contributed by atoms with van der Waals surface area (Å²) in [6.45, 7) is 1.98. The van der Waals surface area contributed by atoms with Crippen LogP contribution in [0.3, 0.4) is 0 Å². The van der Waals surface area contributed by atoms with Gasteiger partial charge in [-0.1, -0.05) is 23.3 Å². The first-order valence-electron chi connectivity index (χ1n) is 5.81. The highest BCUT2D eigenvalue weighted by Crippen LogP contribution is 2.35. The average Bonchev–Trinajstić information content (AvgIpc) is 3.08. The number of esters is 1. The van der Waals surface area contributed by atoms with Crippen molar-refractivity contribution in [1.82, 2.24) is 14.6 Å². The topological polar surface area (TPSA) is 78.1 Å². The Labute approximate surface area is 122 Å². The molecule has 0 atom stereocenters. The monoisotopic (exact) mass is 307 g/mol. The lowest BCUT2D eigenvalue weighted by molar-refractivity contribution is 0.0475. The second-order valence-electron chi connectivity index (χ2n) is 3.68.